The topological polar surface area (TPSA) is 47.3 Å². The second kappa shape index (κ2) is 6.89. The van der Waals surface area contributed by atoms with Gasteiger partial charge in [-0.25, -0.2) is 4.39 Å². The van der Waals surface area contributed by atoms with Crippen LogP contribution in [0.2, 0.25) is 0 Å². The summed E-state index contributed by atoms with van der Waals surface area (Å²) >= 11 is 0. The zero-order valence-electron chi connectivity index (χ0n) is 14.4. The lowest BCUT2D eigenvalue weighted by atomic mass is 10.0. The molecular weight excluding hydrogens is 329 g/mol. The van der Waals surface area contributed by atoms with Crippen molar-refractivity contribution in [3.63, 3.8) is 0 Å². The van der Waals surface area contributed by atoms with E-state index < -0.39 is 11.9 Å². The molecule has 2 atom stereocenters. The fourth-order valence-electron chi connectivity index (χ4n) is 4.10. The van der Waals surface area contributed by atoms with Gasteiger partial charge in [0.2, 0.25) is 0 Å². The molecule has 1 fully saturated rings. The molecule has 5 heteroatoms. The molecule has 2 aromatic carbocycles. The van der Waals surface area contributed by atoms with Crippen molar-refractivity contribution in [3.05, 3.63) is 71.0 Å². The van der Waals surface area contributed by atoms with Crippen LogP contribution in [0.4, 0.5) is 4.39 Å². The third kappa shape index (κ3) is 2.77. The molecule has 0 saturated carbocycles. The molecule has 0 aromatic heterocycles. The molecule has 2 aliphatic heterocycles. The second-order valence-corrected chi connectivity index (χ2v) is 6.86. The van der Waals surface area contributed by atoms with E-state index in [1.165, 1.54) is 11.0 Å². The minimum absolute atomic E-state index is 0.0101. The number of hydrogen-bond acceptors (Lipinski definition) is 3. The van der Waals surface area contributed by atoms with Crippen LogP contribution in [0.15, 0.2) is 48.5 Å². The molecule has 2 aliphatic rings. The Morgan fingerprint density at radius 2 is 1.85 bits per heavy atom. The van der Waals surface area contributed by atoms with Crippen molar-refractivity contribution in [1.29, 1.82) is 5.26 Å². The lowest BCUT2D eigenvalue weighted by Gasteiger charge is -2.33. The third-order valence-corrected chi connectivity index (χ3v) is 5.38. The molecule has 2 unspecified atom stereocenters. The van der Waals surface area contributed by atoms with Crippen molar-refractivity contribution in [1.82, 2.24) is 9.80 Å². The summed E-state index contributed by atoms with van der Waals surface area (Å²) in [5.41, 5.74) is 1.65. The molecule has 4 rings (SSSR count). The van der Waals surface area contributed by atoms with Crippen molar-refractivity contribution >= 4 is 5.91 Å². The Morgan fingerprint density at radius 1 is 1.12 bits per heavy atom. The highest BCUT2D eigenvalue weighted by atomic mass is 19.1. The average molecular weight is 349 g/mol. The molecule has 0 bridgehead atoms. The standard InChI is InChI=1S/C21H20FN3O/c22-17-10-6-9-16-18(13-23)25(21(26)20(16)17)14-19(24-11-4-5-12-24)15-7-2-1-3-8-15/h1-3,6-10,18-19H,4-5,11-12,14H2. The largest absolute Gasteiger partial charge is 0.316 e. The number of benzene rings is 2. The van der Waals surface area contributed by atoms with E-state index in [0.29, 0.717) is 12.1 Å². The van der Waals surface area contributed by atoms with Gasteiger partial charge in [-0.1, -0.05) is 42.5 Å². The van der Waals surface area contributed by atoms with Crippen LogP contribution < -0.4 is 0 Å². The fraction of sp³-hybridized carbons (Fsp3) is 0.333. The van der Waals surface area contributed by atoms with Crippen molar-refractivity contribution in [2.75, 3.05) is 19.6 Å². The Morgan fingerprint density at radius 3 is 2.54 bits per heavy atom. The summed E-state index contributed by atoms with van der Waals surface area (Å²) in [5.74, 6) is -0.933. The third-order valence-electron chi connectivity index (χ3n) is 5.38. The minimum Gasteiger partial charge on any atom is -0.316 e. The number of likely N-dealkylation sites (tertiary alicyclic amines) is 1. The molecule has 2 heterocycles. The Labute approximate surface area is 152 Å². The number of rotatable bonds is 4. The van der Waals surface area contributed by atoms with Crippen LogP contribution in [0, 0.1) is 17.1 Å². The summed E-state index contributed by atoms with van der Waals surface area (Å²) in [4.78, 5) is 16.8. The van der Waals surface area contributed by atoms with E-state index in [4.69, 9.17) is 0 Å². The number of carbonyl (C=O) groups is 1. The summed E-state index contributed by atoms with van der Waals surface area (Å²) in [6.07, 6.45) is 2.27. The maximum Gasteiger partial charge on any atom is 0.258 e. The molecule has 0 radical (unpaired) electrons. The van der Waals surface area contributed by atoms with E-state index >= 15 is 0 Å². The highest BCUT2D eigenvalue weighted by Crippen LogP contribution is 2.37. The van der Waals surface area contributed by atoms with Gasteiger partial charge in [0.05, 0.1) is 17.7 Å². The van der Waals surface area contributed by atoms with E-state index in [0.717, 1.165) is 31.5 Å². The summed E-state index contributed by atoms with van der Waals surface area (Å²) in [7, 11) is 0. The van der Waals surface area contributed by atoms with Gasteiger partial charge in [0, 0.05) is 12.1 Å². The van der Waals surface area contributed by atoms with Crippen LogP contribution in [0.25, 0.3) is 0 Å². The quantitative estimate of drug-likeness (QED) is 0.846. The molecule has 4 nitrogen and oxygen atoms in total. The molecule has 0 aliphatic carbocycles. The Hall–Kier alpha value is -2.71. The number of nitriles is 1. The zero-order valence-corrected chi connectivity index (χ0v) is 14.4. The van der Waals surface area contributed by atoms with Crippen LogP contribution >= 0.6 is 0 Å². The summed E-state index contributed by atoms with van der Waals surface area (Å²) in [6.45, 7) is 2.33. The number of hydrogen-bond donors (Lipinski definition) is 0. The number of carbonyl (C=O) groups excluding carboxylic acids is 1. The highest BCUT2D eigenvalue weighted by Gasteiger charge is 2.41. The smallest absolute Gasteiger partial charge is 0.258 e. The summed E-state index contributed by atoms with van der Waals surface area (Å²) < 4.78 is 14.2. The van der Waals surface area contributed by atoms with E-state index in [-0.39, 0.29) is 17.5 Å². The summed E-state index contributed by atoms with van der Waals surface area (Å²) in [6, 6.07) is 16.0. The van der Waals surface area contributed by atoms with Gasteiger partial charge in [-0.3, -0.25) is 9.69 Å². The number of fused-ring (bicyclic) bond motifs is 1. The molecule has 0 N–H and O–H groups in total. The first-order valence-corrected chi connectivity index (χ1v) is 8.98. The van der Waals surface area contributed by atoms with E-state index in [2.05, 4.69) is 23.1 Å². The van der Waals surface area contributed by atoms with Crippen LogP contribution in [0.1, 0.15) is 46.4 Å². The summed E-state index contributed by atoms with van der Waals surface area (Å²) in [5, 5.41) is 9.66. The maximum atomic E-state index is 14.2. The molecule has 26 heavy (non-hydrogen) atoms. The van der Waals surface area contributed by atoms with Crippen molar-refractivity contribution in [2.24, 2.45) is 0 Å². The second-order valence-electron chi connectivity index (χ2n) is 6.86. The van der Waals surface area contributed by atoms with Gasteiger partial charge in [-0.05, 0) is 37.6 Å². The van der Waals surface area contributed by atoms with Crippen LogP contribution in [0.3, 0.4) is 0 Å². The van der Waals surface area contributed by atoms with Gasteiger partial charge < -0.3 is 4.90 Å². The minimum atomic E-state index is -0.734. The van der Waals surface area contributed by atoms with Gasteiger partial charge in [-0.15, -0.1) is 0 Å². The van der Waals surface area contributed by atoms with Crippen LogP contribution in [-0.2, 0) is 0 Å². The SMILES string of the molecule is N#CC1c2cccc(F)c2C(=O)N1CC(c1ccccc1)N1CCCC1. The van der Waals surface area contributed by atoms with E-state index in [9.17, 15) is 14.4 Å². The number of halogens is 1. The van der Waals surface area contributed by atoms with Crippen LogP contribution in [0.5, 0.6) is 0 Å². The first kappa shape index (κ1) is 16.7. The Bertz CT molecular complexity index is 855. The van der Waals surface area contributed by atoms with Crippen molar-refractivity contribution in [3.8, 4) is 6.07 Å². The predicted octanol–water partition coefficient (Wildman–Crippen LogP) is 3.68. The van der Waals surface area contributed by atoms with Gasteiger partial charge in [0.25, 0.3) is 5.91 Å². The number of amides is 1. The Kier molecular flexibility index (Phi) is 4.44. The van der Waals surface area contributed by atoms with Gasteiger partial charge >= 0.3 is 0 Å². The molecule has 1 amide bonds. The van der Waals surface area contributed by atoms with E-state index in [1.807, 2.05) is 18.2 Å². The van der Waals surface area contributed by atoms with E-state index in [1.54, 1.807) is 12.1 Å². The molecular formula is C21H20FN3O. The molecule has 0 spiro atoms. The lowest BCUT2D eigenvalue weighted by molar-refractivity contribution is 0.0687. The van der Waals surface area contributed by atoms with Crippen molar-refractivity contribution in [2.45, 2.75) is 24.9 Å². The Balaban J connectivity index is 1.69. The van der Waals surface area contributed by atoms with Gasteiger partial charge in [0.15, 0.2) is 0 Å². The predicted molar refractivity (Wildman–Crippen MR) is 95.8 cm³/mol. The first-order chi connectivity index (χ1) is 12.7. The number of nitrogens with zero attached hydrogens (tertiary/aromatic N) is 3. The monoisotopic (exact) mass is 349 g/mol. The normalized spacial score (nSPS) is 20.8. The fourth-order valence-corrected chi connectivity index (χ4v) is 4.10. The molecule has 132 valence electrons. The lowest BCUT2D eigenvalue weighted by Crippen LogP contribution is -2.38. The molecule has 1 saturated heterocycles. The van der Waals surface area contributed by atoms with Crippen molar-refractivity contribution < 1.29 is 9.18 Å². The first-order valence-electron chi connectivity index (χ1n) is 8.98. The zero-order chi connectivity index (χ0) is 18.1. The maximum absolute atomic E-state index is 14.2. The highest BCUT2D eigenvalue weighted by molar-refractivity contribution is 6.00. The van der Waals surface area contributed by atoms with Gasteiger partial charge in [-0.2, -0.15) is 5.26 Å². The average Bonchev–Trinajstić information content (AvgIpc) is 3.28. The molecule has 2 aromatic rings. The van der Waals surface area contributed by atoms with Gasteiger partial charge in [0.1, 0.15) is 11.9 Å². The van der Waals surface area contributed by atoms with Crippen LogP contribution in [-0.4, -0.2) is 35.3 Å².